The van der Waals surface area contributed by atoms with Gasteiger partial charge in [-0.15, -0.1) is 0 Å². The Hall–Kier alpha value is -0.550. The van der Waals surface area contributed by atoms with E-state index in [4.69, 9.17) is 4.42 Å². The molecule has 0 saturated heterocycles. The summed E-state index contributed by atoms with van der Waals surface area (Å²) in [5, 5.41) is 4.64. The second-order valence-corrected chi connectivity index (χ2v) is 6.16. The predicted octanol–water partition coefficient (Wildman–Crippen LogP) is 4.35. The topological polar surface area (TPSA) is 25.2 Å². The monoisotopic (exact) mass is 357 g/mol. The molecule has 0 aliphatic carbocycles. The van der Waals surface area contributed by atoms with Gasteiger partial charge in [-0.2, -0.15) is 0 Å². The highest BCUT2D eigenvalue weighted by molar-refractivity contribution is 14.1. The lowest BCUT2D eigenvalue weighted by Crippen LogP contribution is -2.12. The van der Waals surface area contributed by atoms with Crippen molar-refractivity contribution in [3.8, 4) is 0 Å². The van der Waals surface area contributed by atoms with E-state index >= 15 is 0 Å². The van der Waals surface area contributed by atoms with Gasteiger partial charge in [-0.3, -0.25) is 0 Å². The van der Waals surface area contributed by atoms with Crippen molar-refractivity contribution >= 4 is 33.6 Å². The Labute approximate surface area is 122 Å². The lowest BCUT2D eigenvalue weighted by molar-refractivity contribution is 0.505. The average molecular weight is 357 g/mol. The van der Waals surface area contributed by atoms with Gasteiger partial charge in [-0.1, -0.05) is 32.9 Å². The second-order valence-electron chi connectivity index (χ2n) is 5.00. The summed E-state index contributed by atoms with van der Waals surface area (Å²) in [4.78, 5) is 0. The van der Waals surface area contributed by atoms with Gasteiger partial charge < -0.3 is 9.73 Å². The molecule has 1 N–H and O–H groups in total. The number of nitrogens with one attached hydrogen (secondary N) is 1. The molecule has 0 atom stereocenters. The number of furan rings is 1. The van der Waals surface area contributed by atoms with Crippen LogP contribution in [0, 0.1) is 9.49 Å². The summed E-state index contributed by atoms with van der Waals surface area (Å²) in [7, 11) is 0. The van der Waals surface area contributed by atoms with Crippen LogP contribution in [0.15, 0.2) is 22.6 Å². The van der Waals surface area contributed by atoms with E-state index in [-0.39, 0.29) is 0 Å². The Balaban J connectivity index is 2.49. The third-order valence-electron chi connectivity index (χ3n) is 3.00. The highest BCUT2D eigenvalue weighted by atomic mass is 127. The molecule has 0 amide bonds. The molecule has 18 heavy (non-hydrogen) atoms. The lowest BCUT2D eigenvalue weighted by atomic mass is 10.00. The van der Waals surface area contributed by atoms with Crippen molar-refractivity contribution < 1.29 is 4.42 Å². The van der Waals surface area contributed by atoms with Crippen LogP contribution in [0.2, 0.25) is 0 Å². The molecule has 0 aliphatic rings. The zero-order valence-corrected chi connectivity index (χ0v) is 13.4. The number of fused-ring (bicyclic) bond motifs is 1. The Morgan fingerprint density at radius 1 is 1.33 bits per heavy atom. The maximum Gasteiger partial charge on any atom is 0.147 e. The Morgan fingerprint density at radius 3 is 2.78 bits per heavy atom. The van der Waals surface area contributed by atoms with Gasteiger partial charge in [0.1, 0.15) is 11.3 Å². The van der Waals surface area contributed by atoms with Crippen LogP contribution in [0.5, 0.6) is 0 Å². The third-order valence-corrected chi connectivity index (χ3v) is 3.85. The quantitative estimate of drug-likeness (QED) is 0.805. The SMILES string of the molecule is CCNCc1oc2c(I)cccc2c1CC(C)C. The molecule has 1 aromatic carbocycles. The molecule has 3 heteroatoms. The van der Waals surface area contributed by atoms with E-state index in [1.54, 1.807) is 0 Å². The minimum absolute atomic E-state index is 0.643. The lowest BCUT2D eigenvalue weighted by Gasteiger charge is -2.06. The zero-order valence-electron chi connectivity index (χ0n) is 11.2. The molecule has 2 rings (SSSR count). The van der Waals surface area contributed by atoms with Crippen LogP contribution in [0.1, 0.15) is 32.1 Å². The highest BCUT2D eigenvalue weighted by Crippen LogP contribution is 2.31. The smallest absolute Gasteiger partial charge is 0.147 e. The molecule has 0 fully saturated rings. The highest BCUT2D eigenvalue weighted by Gasteiger charge is 2.16. The van der Waals surface area contributed by atoms with E-state index in [9.17, 15) is 0 Å². The fraction of sp³-hybridized carbons (Fsp3) is 0.467. The van der Waals surface area contributed by atoms with Gasteiger partial charge in [-0.25, -0.2) is 0 Å². The molecule has 2 nitrogen and oxygen atoms in total. The number of benzene rings is 1. The van der Waals surface area contributed by atoms with Crippen LogP contribution in [-0.4, -0.2) is 6.54 Å². The summed E-state index contributed by atoms with van der Waals surface area (Å²) in [5.74, 6) is 1.74. The van der Waals surface area contributed by atoms with Gasteiger partial charge in [0.05, 0.1) is 10.1 Å². The first-order valence-corrected chi connectivity index (χ1v) is 7.60. The van der Waals surface area contributed by atoms with Crippen LogP contribution in [0.3, 0.4) is 0 Å². The van der Waals surface area contributed by atoms with Gasteiger partial charge in [0.2, 0.25) is 0 Å². The Bertz CT molecular complexity index is 531. The summed E-state index contributed by atoms with van der Waals surface area (Å²) < 4.78 is 7.26. The van der Waals surface area contributed by atoms with E-state index < -0.39 is 0 Å². The maximum absolute atomic E-state index is 6.06. The molecule has 0 bridgehead atoms. The zero-order chi connectivity index (χ0) is 13.1. The number of hydrogen-bond acceptors (Lipinski definition) is 2. The summed E-state index contributed by atoms with van der Waals surface area (Å²) in [6.07, 6.45) is 1.08. The molecule has 0 saturated carbocycles. The van der Waals surface area contributed by atoms with E-state index in [0.29, 0.717) is 5.92 Å². The Kier molecular flexibility index (Phi) is 4.67. The van der Waals surface area contributed by atoms with E-state index in [1.165, 1.54) is 14.5 Å². The Morgan fingerprint density at radius 2 is 2.11 bits per heavy atom. The fourth-order valence-corrected chi connectivity index (χ4v) is 2.81. The maximum atomic E-state index is 6.06. The van der Waals surface area contributed by atoms with Crippen molar-refractivity contribution in [1.82, 2.24) is 5.32 Å². The average Bonchev–Trinajstić information content (AvgIpc) is 2.66. The van der Waals surface area contributed by atoms with Crippen LogP contribution < -0.4 is 5.32 Å². The number of hydrogen-bond donors (Lipinski definition) is 1. The first-order chi connectivity index (χ1) is 8.63. The molecule has 1 aromatic heterocycles. The molecule has 0 spiro atoms. The molecular formula is C15H20INO. The van der Waals surface area contributed by atoms with Crippen LogP contribution in [0.4, 0.5) is 0 Å². The standard InChI is InChI=1S/C15H20INO/c1-4-17-9-14-12(8-10(2)3)11-6-5-7-13(16)15(11)18-14/h5-7,10,17H,4,8-9H2,1-3H3. The van der Waals surface area contributed by atoms with Crippen molar-refractivity contribution in [3.63, 3.8) is 0 Å². The number of halogens is 1. The van der Waals surface area contributed by atoms with E-state index in [0.717, 1.165) is 30.9 Å². The van der Waals surface area contributed by atoms with Crippen molar-refractivity contribution in [2.45, 2.75) is 33.7 Å². The van der Waals surface area contributed by atoms with Crippen LogP contribution in [-0.2, 0) is 13.0 Å². The molecule has 0 unspecified atom stereocenters. The van der Waals surface area contributed by atoms with Gasteiger partial charge in [-0.05, 0) is 47.5 Å². The van der Waals surface area contributed by atoms with Crippen LogP contribution in [0.25, 0.3) is 11.0 Å². The molecule has 1 heterocycles. The van der Waals surface area contributed by atoms with Gasteiger partial charge in [0.25, 0.3) is 0 Å². The first-order valence-electron chi connectivity index (χ1n) is 6.53. The van der Waals surface area contributed by atoms with Crippen molar-refractivity contribution in [1.29, 1.82) is 0 Å². The van der Waals surface area contributed by atoms with Crippen molar-refractivity contribution in [2.24, 2.45) is 5.92 Å². The predicted molar refractivity (Wildman–Crippen MR) is 84.9 cm³/mol. The van der Waals surface area contributed by atoms with Crippen LogP contribution >= 0.6 is 22.6 Å². The summed E-state index contributed by atoms with van der Waals surface area (Å²) in [6.45, 7) is 8.42. The second kappa shape index (κ2) is 6.06. The van der Waals surface area contributed by atoms with Gasteiger partial charge >= 0.3 is 0 Å². The van der Waals surface area contributed by atoms with Crippen molar-refractivity contribution in [2.75, 3.05) is 6.54 Å². The normalized spacial score (nSPS) is 11.6. The van der Waals surface area contributed by atoms with E-state index in [2.05, 4.69) is 66.9 Å². The van der Waals surface area contributed by atoms with Crippen molar-refractivity contribution in [3.05, 3.63) is 33.1 Å². The summed E-state index contributed by atoms with van der Waals surface area (Å²) >= 11 is 2.35. The molecule has 0 aliphatic heterocycles. The fourth-order valence-electron chi connectivity index (χ4n) is 2.20. The van der Waals surface area contributed by atoms with Gasteiger partial charge in [0.15, 0.2) is 0 Å². The minimum Gasteiger partial charge on any atom is -0.458 e. The first kappa shape index (κ1) is 13.9. The molecule has 2 aromatic rings. The van der Waals surface area contributed by atoms with Gasteiger partial charge in [0, 0.05) is 10.9 Å². The molecule has 98 valence electrons. The molecular weight excluding hydrogens is 337 g/mol. The largest absolute Gasteiger partial charge is 0.458 e. The molecule has 0 radical (unpaired) electrons. The summed E-state index contributed by atoms with van der Waals surface area (Å²) in [5.41, 5.74) is 2.42. The minimum atomic E-state index is 0.643. The third kappa shape index (κ3) is 2.88. The van der Waals surface area contributed by atoms with E-state index in [1.807, 2.05) is 0 Å². The number of para-hydroxylation sites is 1. The summed E-state index contributed by atoms with van der Waals surface area (Å²) in [6, 6.07) is 6.39. The number of rotatable bonds is 5.